The second-order valence-corrected chi connectivity index (χ2v) is 7.33. The standard InChI is InChI=1S/C16H13ClN2O4S/c1-10-3-5-11(6-4-10)24(21,22)19-8-7-12-14(19)9-13(16(20)23-2)18-15(12)17/h3-9H,1-2H3. The van der Waals surface area contributed by atoms with E-state index in [1.54, 1.807) is 12.1 Å². The molecule has 6 nitrogen and oxygen atoms in total. The molecule has 3 rings (SSSR count). The van der Waals surface area contributed by atoms with E-state index >= 15 is 0 Å². The molecule has 0 N–H and O–H groups in total. The zero-order chi connectivity index (χ0) is 17.5. The molecule has 0 saturated carbocycles. The van der Waals surface area contributed by atoms with Crippen molar-refractivity contribution < 1.29 is 17.9 Å². The van der Waals surface area contributed by atoms with Gasteiger partial charge in [-0.05, 0) is 31.2 Å². The predicted octanol–water partition coefficient (Wildman–Crippen LogP) is 3.02. The number of halogens is 1. The third kappa shape index (κ3) is 2.65. The molecule has 0 radical (unpaired) electrons. The summed E-state index contributed by atoms with van der Waals surface area (Å²) in [7, 11) is -2.61. The van der Waals surface area contributed by atoms with Crippen molar-refractivity contribution >= 4 is 38.5 Å². The van der Waals surface area contributed by atoms with Gasteiger partial charge in [-0.25, -0.2) is 22.2 Å². The van der Waals surface area contributed by atoms with E-state index < -0.39 is 16.0 Å². The van der Waals surface area contributed by atoms with Gasteiger partial charge in [0.05, 0.1) is 17.5 Å². The third-order valence-electron chi connectivity index (χ3n) is 3.58. The minimum atomic E-state index is -3.83. The molecule has 124 valence electrons. The molecule has 0 amide bonds. The van der Waals surface area contributed by atoms with Crippen molar-refractivity contribution in [1.29, 1.82) is 0 Å². The summed E-state index contributed by atoms with van der Waals surface area (Å²) < 4.78 is 31.4. The molecule has 2 aromatic heterocycles. The number of ether oxygens (including phenoxy) is 1. The van der Waals surface area contributed by atoms with Crippen LogP contribution in [0.25, 0.3) is 10.9 Å². The van der Waals surface area contributed by atoms with Crippen molar-refractivity contribution in [2.45, 2.75) is 11.8 Å². The van der Waals surface area contributed by atoms with Crippen LogP contribution in [-0.4, -0.2) is 30.5 Å². The average molecular weight is 365 g/mol. The number of carbonyl (C=O) groups excluding carboxylic acids is 1. The number of esters is 1. The Balaban J connectivity index is 2.24. The average Bonchev–Trinajstić information content (AvgIpc) is 2.99. The van der Waals surface area contributed by atoms with Crippen molar-refractivity contribution in [2.24, 2.45) is 0 Å². The Labute approximate surface area is 143 Å². The molecule has 0 aliphatic carbocycles. The van der Waals surface area contributed by atoms with Gasteiger partial charge < -0.3 is 4.74 Å². The van der Waals surface area contributed by atoms with Crippen molar-refractivity contribution in [2.75, 3.05) is 7.11 Å². The number of benzene rings is 1. The molecule has 0 aliphatic rings. The second kappa shape index (κ2) is 5.92. The van der Waals surface area contributed by atoms with E-state index in [0.717, 1.165) is 9.54 Å². The molecule has 0 spiro atoms. The Morgan fingerprint density at radius 2 is 1.88 bits per heavy atom. The Morgan fingerprint density at radius 3 is 2.50 bits per heavy atom. The highest BCUT2D eigenvalue weighted by Crippen LogP contribution is 2.27. The molecular formula is C16H13ClN2O4S. The van der Waals surface area contributed by atoms with E-state index in [1.165, 1.54) is 37.6 Å². The molecule has 0 atom stereocenters. The van der Waals surface area contributed by atoms with Crippen LogP contribution in [0.2, 0.25) is 5.15 Å². The lowest BCUT2D eigenvalue weighted by Crippen LogP contribution is -2.12. The number of hydrogen-bond donors (Lipinski definition) is 0. The highest BCUT2D eigenvalue weighted by molar-refractivity contribution is 7.90. The second-order valence-electron chi connectivity index (χ2n) is 5.15. The Morgan fingerprint density at radius 1 is 1.21 bits per heavy atom. The minimum absolute atomic E-state index is 0.0331. The number of fused-ring (bicyclic) bond motifs is 1. The fourth-order valence-electron chi connectivity index (χ4n) is 2.31. The molecule has 0 unspecified atom stereocenters. The van der Waals surface area contributed by atoms with Gasteiger partial charge in [-0.1, -0.05) is 29.3 Å². The number of aryl methyl sites for hydroxylation is 1. The maximum Gasteiger partial charge on any atom is 0.356 e. The number of pyridine rings is 1. The fourth-order valence-corrected chi connectivity index (χ4v) is 3.90. The quantitative estimate of drug-likeness (QED) is 0.527. The predicted molar refractivity (Wildman–Crippen MR) is 89.8 cm³/mol. The zero-order valence-electron chi connectivity index (χ0n) is 12.9. The first-order valence-electron chi connectivity index (χ1n) is 6.93. The SMILES string of the molecule is COC(=O)c1cc2c(ccn2S(=O)(=O)c2ccc(C)cc2)c(Cl)n1. The van der Waals surface area contributed by atoms with Gasteiger partial charge in [0.25, 0.3) is 10.0 Å². The van der Waals surface area contributed by atoms with Gasteiger partial charge in [-0.2, -0.15) is 0 Å². The number of hydrogen-bond acceptors (Lipinski definition) is 5. The molecule has 0 bridgehead atoms. The van der Waals surface area contributed by atoms with Crippen LogP contribution in [0.3, 0.4) is 0 Å². The smallest absolute Gasteiger partial charge is 0.356 e. The van der Waals surface area contributed by atoms with Gasteiger partial charge in [0.15, 0.2) is 5.69 Å². The first-order valence-corrected chi connectivity index (χ1v) is 8.74. The Hall–Kier alpha value is -2.38. The molecule has 0 fully saturated rings. The molecule has 8 heteroatoms. The summed E-state index contributed by atoms with van der Waals surface area (Å²) in [4.78, 5) is 15.8. The van der Waals surface area contributed by atoms with Gasteiger partial charge in [0.1, 0.15) is 5.15 Å². The van der Waals surface area contributed by atoms with E-state index in [4.69, 9.17) is 11.6 Å². The maximum atomic E-state index is 12.9. The van der Waals surface area contributed by atoms with Crippen LogP contribution in [0.4, 0.5) is 0 Å². The van der Waals surface area contributed by atoms with E-state index in [9.17, 15) is 13.2 Å². The Kier molecular flexibility index (Phi) is 4.06. The number of methoxy groups -OCH3 is 1. The van der Waals surface area contributed by atoms with Crippen molar-refractivity contribution in [3.63, 3.8) is 0 Å². The first-order chi connectivity index (χ1) is 11.3. The van der Waals surface area contributed by atoms with Crippen molar-refractivity contribution in [3.8, 4) is 0 Å². The number of nitrogens with zero attached hydrogens (tertiary/aromatic N) is 2. The fraction of sp³-hybridized carbons (Fsp3) is 0.125. The largest absolute Gasteiger partial charge is 0.464 e. The molecule has 24 heavy (non-hydrogen) atoms. The summed E-state index contributed by atoms with van der Waals surface area (Å²) in [5.41, 5.74) is 1.15. The van der Waals surface area contributed by atoms with Crippen LogP contribution in [-0.2, 0) is 14.8 Å². The molecule has 0 aliphatic heterocycles. The minimum Gasteiger partial charge on any atom is -0.464 e. The Bertz CT molecular complexity index is 1040. The summed E-state index contributed by atoms with van der Waals surface area (Å²) >= 11 is 6.07. The van der Waals surface area contributed by atoms with Crippen LogP contribution in [0.5, 0.6) is 0 Å². The third-order valence-corrected chi connectivity index (χ3v) is 5.57. The highest BCUT2D eigenvalue weighted by atomic mass is 35.5. The number of aromatic nitrogens is 2. The molecule has 0 saturated heterocycles. The van der Waals surface area contributed by atoms with Crippen molar-refractivity contribution in [3.05, 3.63) is 59.0 Å². The van der Waals surface area contributed by atoms with Gasteiger partial charge in [0, 0.05) is 11.6 Å². The lowest BCUT2D eigenvalue weighted by Gasteiger charge is -2.09. The van der Waals surface area contributed by atoms with Crippen LogP contribution < -0.4 is 0 Å². The monoisotopic (exact) mass is 364 g/mol. The normalized spacial score (nSPS) is 11.6. The molecular weight excluding hydrogens is 352 g/mol. The highest BCUT2D eigenvalue weighted by Gasteiger charge is 2.21. The van der Waals surface area contributed by atoms with Gasteiger partial charge in [-0.3, -0.25) is 0 Å². The van der Waals surface area contributed by atoms with Crippen LogP contribution >= 0.6 is 11.6 Å². The van der Waals surface area contributed by atoms with E-state index in [-0.39, 0.29) is 21.3 Å². The lowest BCUT2D eigenvalue weighted by molar-refractivity contribution is 0.0594. The number of rotatable bonds is 3. The summed E-state index contributed by atoms with van der Waals surface area (Å²) in [6, 6.07) is 9.37. The number of carbonyl (C=O) groups is 1. The summed E-state index contributed by atoms with van der Waals surface area (Å²) in [6.07, 6.45) is 1.38. The first kappa shape index (κ1) is 16.5. The topological polar surface area (TPSA) is 78.3 Å². The molecule has 3 aromatic rings. The summed E-state index contributed by atoms with van der Waals surface area (Å²) in [5, 5.41) is 0.464. The zero-order valence-corrected chi connectivity index (χ0v) is 14.4. The van der Waals surface area contributed by atoms with Crippen molar-refractivity contribution in [1.82, 2.24) is 8.96 Å². The van der Waals surface area contributed by atoms with Crippen LogP contribution in [0.15, 0.2) is 47.5 Å². The van der Waals surface area contributed by atoms with Gasteiger partial charge in [0.2, 0.25) is 0 Å². The van der Waals surface area contributed by atoms with Gasteiger partial charge >= 0.3 is 5.97 Å². The summed E-state index contributed by atoms with van der Waals surface area (Å²) in [5.74, 6) is -0.695. The van der Waals surface area contributed by atoms with Gasteiger partial charge in [-0.15, -0.1) is 0 Å². The van der Waals surface area contributed by atoms with Crippen LogP contribution in [0.1, 0.15) is 16.1 Å². The maximum absolute atomic E-state index is 12.9. The van der Waals surface area contributed by atoms with Crippen LogP contribution in [0, 0.1) is 6.92 Å². The molecule has 1 aromatic carbocycles. The summed E-state index contributed by atoms with van der Waals surface area (Å²) in [6.45, 7) is 1.87. The van der Waals surface area contributed by atoms with E-state index in [0.29, 0.717) is 5.39 Å². The molecule has 2 heterocycles. The van der Waals surface area contributed by atoms with E-state index in [2.05, 4.69) is 9.72 Å². The van der Waals surface area contributed by atoms with E-state index in [1.807, 2.05) is 6.92 Å². The lowest BCUT2D eigenvalue weighted by atomic mass is 10.2.